The SMILES string of the molecule is C=CC[C@@H](C)Oc1nc(-c2nnc(C(O)(c3cc(I)ccc3F)C(F)(F)F)o2)c(N(C(=O)OC(C)(C)C)C(=O)OC(C)(C)C)cc1C.Cc1cc(NC(=O)OC(C)(C)C)c2nc1O[C@H](C)CC=Cc1ccc(F)c(c1)C(O)(C(F)(F)F)c1nnc-2o1. The number of halogens is 9. The summed E-state index contributed by atoms with van der Waals surface area (Å²) in [7, 11) is 0. The van der Waals surface area contributed by atoms with Gasteiger partial charge in [-0.05, 0) is 161 Å². The molecule has 0 radical (unpaired) electrons. The molecule has 0 fully saturated rings. The summed E-state index contributed by atoms with van der Waals surface area (Å²) in [4.78, 5) is 48.7. The smallest absolute Gasteiger partial charge is 0.430 e. The molecule has 6 bridgehead atoms. The summed E-state index contributed by atoms with van der Waals surface area (Å²) in [6.45, 7) is 24.5. The van der Waals surface area contributed by atoms with Crippen LogP contribution < -0.4 is 19.7 Å². The molecule has 1 aliphatic heterocycles. The molecular weight excluding hydrogens is 1270 g/mol. The van der Waals surface area contributed by atoms with Crippen LogP contribution in [0.4, 0.5) is 60.9 Å². The molecule has 0 saturated heterocycles. The highest BCUT2D eigenvalue weighted by Gasteiger charge is 2.63. The van der Waals surface area contributed by atoms with Gasteiger partial charge in [0.25, 0.3) is 34.8 Å². The van der Waals surface area contributed by atoms with Crippen LogP contribution in [0.3, 0.4) is 0 Å². The van der Waals surface area contributed by atoms with Crippen molar-refractivity contribution in [1.82, 2.24) is 30.4 Å². The first-order valence-electron chi connectivity index (χ1n) is 26.0. The summed E-state index contributed by atoms with van der Waals surface area (Å²) in [5, 5.41) is 38.7. The Morgan fingerprint density at radius 1 is 0.814 bits per heavy atom. The third-order valence-electron chi connectivity index (χ3n) is 11.6. The summed E-state index contributed by atoms with van der Waals surface area (Å²) in [6.07, 6.45) is -9.89. The maximum absolute atomic E-state index is 14.8. The Morgan fingerprint density at radius 2 is 1.41 bits per heavy atom. The third-order valence-corrected chi connectivity index (χ3v) is 12.3. The number of carbonyl (C=O) groups excluding carboxylic acids is 3. The van der Waals surface area contributed by atoms with Crippen LogP contribution in [-0.2, 0) is 25.4 Å². The topological polar surface area (TPSA) is 257 Å². The Hall–Kier alpha value is -7.80. The first-order chi connectivity index (χ1) is 39.6. The summed E-state index contributed by atoms with van der Waals surface area (Å²) >= 11 is 1.65. The van der Waals surface area contributed by atoms with Gasteiger partial charge in [-0.3, -0.25) is 5.32 Å². The summed E-state index contributed by atoms with van der Waals surface area (Å²) < 4.78 is 155. The fourth-order valence-electron chi connectivity index (χ4n) is 7.82. The Morgan fingerprint density at radius 3 is 1.99 bits per heavy atom. The minimum absolute atomic E-state index is 0.0371. The van der Waals surface area contributed by atoms with Crippen molar-refractivity contribution >= 4 is 58.3 Å². The minimum Gasteiger partial charge on any atom is -0.474 e. The molecule has 29 heteroatoms. The molecule has 86 heavy (non-hydrogen) atoms. The quantitative estimate of drug-likeness (QED) is 0.0526. The van der Waals surface area contributed by atoms with Gasteiger partial charge in [0.2, 0.25) is 11.8 Å². The van der Waals surface area contributed by atoms with E-state index in [4.69, 9.17) is 32.5 Å². The number of hydrogen-bond donors (Lipinski definition) is 3. The van der Waals surface area contributed by atoms with Crippen molar-refractivity contribution in [1.29, 1.82) is 0 Å². The highest BCUT2D eigenvalue weighted by Crippen LogP contribution is 2.48. The molecule has 1 aliphatic rings. The number of fused-ring (bicyclic) bond motifs is 7. The van der Waals surface area contributed by atoms with Crippen molar-refractivity contribution in [2.24, 2.45) is 0 Å². The number of rotatable bonds is 9. The summed E-state index contributed by atoms with van der Waals surface area (Å²) in [5.41, 5.74) is -13.8. The number of alkyl halides is 6. The number of nitrogens with one attached hydrogen (secondary N) is 1. The van der Waals surface area contributed by atoms with Crippen molar-refractivity contribution in [2.75, 3.05) is 10.2 Å². The Labute approximate surface area is 501 Å². The molecule has 20 nitrogen and oxygen atoms in total. The minimum atomic E-state index is -5.56. The van der Waals surface area contributed by atoms with Gasteiger partial charge in [0.05, 0.1) is 11.4 Å². The van der Waals surface area contributed by atoms with Crippen LogP contribution in [-0.4, -0.2) is 100 Å². The molecule has 3 amide bonds. The van der Waals surface area contributed by atoms with Crippen molar-refractivity contribution in [3.8, 4) is 34.9 Å². The standard InChI is InChI=1S/C31H35F4IN4O7.C26H26F4N4O5/c1-10-11-17(3)44-23-16(2)14-21(40(26(41)46-28(4,5)6)27(42)47-29(7,8)9)22(37-23)24-38-39-25(45-24)30(43,31(33,34)35)19-15-18(36)12-13-20(19)32;1-13-11-18(31-23(35)39-24(3,4)5)19-21-33-34-22(38-21)25(36,26(28,29)30)16-12-15(9-10-17(16)27)8-6-7-14(2)37-20(13)32-19/h10,12-15,17,43H,1,11H2,2-9H3;6,8-12,14,36H,7H2,1-5H3,(H,31,35)/t17-,30?;14-,25?/m11/s1. The lowest BCUT2D eigenvalue weighted by Crippen LogP contribution is -2.44. The zero-order valence-corrected chi connectivity index (χ0v) is 50.8. The molecule has 6 aromatic rings. The number of benzene rings is 2. The van der Waals surface area contributed by atoms with Crippen LogP contribution in [0.25, 0.3) is 29.2 Å². The van der Waals surface area contributed by atoms with E-state index >= 15 is 0 Å². The van der Waals surface area contributed by atoms with Gasteiger partial charge >= 0.3 is 30.6 Å². The van der Waals surface area contributed by atoms with E-state index in [1.54, 1.807) is 125 Å². The van der Waals surface area contributed by atoms with Gasteiger partial charge < -0.3 is 42.7 Å². The fourth-order valence-corrected chi connectivity index (χ4v) is 8.31. The van der Waals surface area contributed by atoms with E-state index in [2.05, 4.69) is 42.3 Å². The molecule has 0 aliphatic carbocycles. The average Bonchev–Trinajstić information content (AvgIpc) is 1.42. The molecule has 3 N–H and O–H groups in total. The molecule has 4 aromatic heterocycles. The third kappa shape index (κ3) is 15.6. The number of carbonyl (C=O) groups is 3. The summed E-state index contributed by atoms with van der Waals surface area (Å²) in [5.74, 6) is -6.90. The summed E-state index contributed by atoms with van der Waals surface area (Å²) in [6, 6.07) is 8.37. The maximum atomic E-state index is 14.8. The molecule has 7 rings (SSSR count). The lowest BCUT2D eigenvalue weighted by atomic mass is 9.90. The second kappa shape index (κ2) is 25.3. The Kier molecular flexibility index (Phi) is 19.8. The zero-order chi connectivity index (χ0) is 64.4. The second-order valence-corrected chi connectivity index (χ2v) is 23.8. The number of aryl methyl sites for hydroxylation is 2. The average molecular weight is 1330 g/mol. The number of aliphatic hydroxyl groups is 2. The van der Waals surface area contributed by atoms with Crippen LogP contribution in [0, 0.1) is 29.1 Å². The largest absolute Gasteiger partial charge is 0.474 e. The van der Waals surface area contributed by atoms with Gasteiger partial charge in [-0.15, -0.1) is 27.0 Å². The van der Waals surface area contributed by atoms with E-state index in [0.717, 1.165) is 24.3 Å². The van der Waals surface area contributed by atoms with Crippen molar-refractivity contribution < 1.29 is 92.2 Å². The molecule has 2 aromatic carbocycles. The monoisotopic (exact) mass is 1330 g/mol. The number of anilines is 2. The predicted molar refractivity (Wildman–Crippen MR) is 302 cm³/mol. The van der Waals surface area contributed by atoms with Crippen LogP contribution >= 0.6 is 22.6 Å². The van der Waals surface area contributed by atoms with Crippen LogP contribution in [0.2, 0.25) is 0 Å². The highest BCUT2D eigenvalue weighted by molar-refractivity contribution is 14.1. The van der Waals surface area contributed by atoms with E-state index in [0.29, 0.717) is 23.3 Å². The number of imide groups is 1. The van der Waals surface area contributed by atoms with Crippen LogP contribution in [0.15, 0.2) is 76.1 Å². The molecule has 5 heterocycles. The fraction of sp³-hybridized carbons (Fsp3) is 0.421. The first kappa shape index (κ1) is 67.3. The zero-order valence-electron chi connectivity index (χ0n) is 48.6. The first-order valence-corrected chi connectivity index (χ1v) is 27.1. The second-order valence-electron chi connectivity index (χ2n) is 22.5. The number of aromatic nitrogens is 6. The van der Waals surface area contributed by atoms with Gasteiger partial charge in [-0.1, -0.05) is 24.3 Å². The lowest BCUT2D eigenvalue weighted by Gasteiger charge is -2.29. The van der Waals surface area contributed by atoms with E-state index in [9.17, 15) is 59.7 Å². The molecule has 464 valence electrons. The Bertz CT molecular complexity index is 3510. The molecule has 0 spiro atoms. The molecule has 4 atom stereocenters. The van der Waals surface area contributed by atoms with Gasteiger partial charge in [-0.25, -0.2) is 33.1 Å². The number of amides is 3. The van der Waals surface area contributed by atoms with Crippen molar-refractivity contribution in [2.45, 2.75) is 155 Å². The molecular formula is C57H61F8IN8O12. The number of hydrogen-bond acceptors (Lipinski definition) is 18. The van der Waals surface area contributed by atoms with Crippen molar-refractivity contribution in [3.05, 3.63) is 122 Å². The number of nitrogens with zero attached hydrogens (tertiary/aromatic N) is 7. The number of ether oxygens (including phenoxy) is 5. The van der Waals surface area contributed by atoms with Gasteiger partial charge in [0.1, 0.15) is 40.6 Å². The van der Waals surface area contributed by atoms with E-state index in [1.807, 2.05) is 0 Å². The highest BCUT2D eigenvalue weighted by atomic mass is 127. The number of pyridine rings is 2. The van der Waals surface area contributed by atoms with E-state index in [1.165, 1.54) is 30.3 Å². The lowest BCUT2D eigenvalue weighted by molar-refractivity contribution is -0.256. The predicted octanol–water partition coefficient (Wildman–Crippen LogP) is 13.9. The normalized spacial score (nSPS) is 16.6. The maximum Gasteiger partial charge on any atom is 0.430 e. The van der Waals surface area contributed by atoms with Gasteiger partial charge in [0.15, 0.2) is 11.4 Å². The van der Waals surface area contributed by atoms with Gasteiger partial charge in [-0.2, -0.15) is 31.2 Å². The van der Waals surface area contributed by atoms with Crippen LogP contribution in [0.1, 0.15) is 129 Å². The molecule has 2 unspecified atom stereocenters. The van der Waals surface area contributed by atoms with E-state index in [-0.39, 0.29) is 43.5 Å². The van der Waals surface area contributed by atoms with Crippen LogP contribution in [0.5, 0.6) is 11.8 Å². The van der Waals surface area contributed by atoms with Crippen molar-refractivity contribution in [3.63, 3.8) is 0 Å². The Balaban J connectivity index is 0.000000280. The molecule has 0 saturated carbocycles. The van der Waals surface area contributed by atoms with E-state index < -0.39 is 123 Å². The van der Waals surface area contributed by atoms with Gasteiger partial charge in [0, 0.05) is 38.7 Å².